The second kappa shape index (κ2) is 6.01. The third-order valence-corrected chi connectivity index (χ3v) is 4.26. The lowest BCUT2D eigenvalue weighted by molar-refractivity contribution is -0.144. The van der Waals surface area contributed by atoms with E-state index in [1.165, 1.54) is 16.0 Å². The Balaban J connectivity index is 1.74. The Hall–Kier alpha value is -2.00. The Morgan fingerprint density at radius 1 is 1.36 bits per heavy atom. The number of tetrazole rings is 1. The van der Waals surface area contributed by atoms with Crippen LogP contribution in [-0.4, -0.2) is 55.9 Å². The van der Waals surface area contributed by atoms with E-state index in [0.717, 1.165) is 4.68 Å². The molecule has 0 aromatic carbocycles. The minimum atomic E-state index is -0.412. The number of hydrogen-bond acceptors (Lipinski definition) is 6. The van der Waals surface area contributed by atoms with Gasteiger partial charge in [-0.05, 0) is 41.8 Å². The second-order valence-corrected chi connectivity index (χ2v) is 6.26. The monoisotopic (exact) mass is 323 g/mol. The fraction of sp³-hybridized carbons (Fsp3) is 0.538. The summed E-state index contributed by atoms with van der Waals surface area (Å²) >= 11 is 1.39. The van der Waals surface area contributed by atoms with Gasteiger partial charge in [0.1, 0.15) is 11.5 Å². The van der Waals surface area contributed by atoms with Crippen LogP contribution >= 0.6 is 11.3 Å². The lowest BCUT2D eigenvalue weighted by Gasteiger charge is -2.35. The Kier molecular flexibility index (Phi) is 4.08. The lowest BCUT2D eigenvalue weighted by Crippen LogP contribution is -2.49. The van der Waals surface area contributed by atoms with Crippen molar-refractivity contribution in [2.45, 2.75) is 32.6 Å². The summed E-state index contributed by atoms with van der Waals surface area (Å²) in [5.41, 5.74) is -0.412. The molecule has 2 atom stereocenters. The summed E-state index contributed by atoms with van der Waals surface area (Å²) in [5, 5.41) is 10.1. The Bertz CT molecular complexity index is 698. The van der Waals surface area contributed by atoms with E-state index in [-0.39, 0.29) is 24.7 Å². The largest absolute Gasteiger partial charge is 0.372 e. The summed E-state index contributed by atoms with van der Waals surface area (Å²) in [6.45, 7) is 4.79. The first-order valence-corrected chi connectivity index (χ1v) is 7.92. The van der Waals surface area contributed by atoms with Gasteiger partial charge in [-0.2, -0.15) is 9.36 Å². The van der Waals surface area contributed by atoms with Crippen LogP contribution in [0.3, 0.4) is 0 Å². The summed E-state index contributed by atoms with van der Waals surface area (Å²) in [5.74, 6) is -0.151. The van der Waals surface area contributed by atoms with Crippen LogP contribution < -0.4 is 5.69 Å². The molecule has 0 unspecified atom stereocenters. The van der Waals surface area contributed by atoms with Crippen LogP contribution in [0.5, 0.6) is 0 Å². The van der Waals surface area contributed by atoms with Gasteiger partial charge in [-0.3, -0.25) is 4.79 Å². The molecule has 0 spiro atoms. The van der Waals surface area contributed by atoms with Gasteiger partial charge in [-0.1, -0.05) is 0 Å². The zero-order chi connectivity index (χ0) is 15.7. The predicted molar refractivity (Wildman–Crippen MR) is 80.1 cm³/mol. The maximum atomic E-state index is 12.3. The van der Waals surface area contributed by atoms with Gasteiger partial charge in [0.05, 0.1) is 12.2 Å². The first-order valence-electron chi connectivity index (χ1n) is 7.04. The molecule has 1 saturated heterocycles. The quantitative estimate of drug-likeness (QED) is 0.802. The van der Waals surface area contributed by atoms with E-state index in [1.54, 1.807) is 11.0 Å². The number of amides is 1. The van der Waals surface area contributed by atoms with Crippen LogP contribution in [0, 0.1) is 0 Å². The van der Waals surface area contributed by atoms with Gasteiger partial charge >= 0.3 is 5.69 Å². The van der Waals surface area contributed by atoms with E-state index in [0.29, 0.717) is 18.1 Å². The zero-order valence-electron chi connectivity index (χ0n) is 12.4. The van der Waals surface area contributed by atoms with Crippen molar-refractivity contribution in [1.29, 1.82) is 0 Å². The van der Waals surface area contributed by atoms with Crippen molar-refractivity contribution < 1.29 is 9.53 Å². The lowest BCUT2D eigenvalue weighted by atomic mass is 10.2. The van der Waals surface area contributed by atoms with Crippen molar-refractivity contribution in [2.24, 2.45) is 0 Å². The summed E-state index contributed by atoms with van der Waals surface area (Å²) in [6, 6.07) is 3.60. The summed E-state index contributed by atoms with van der Waals surface area (Å²) in [4.78, 5) is 26.3. The molecule has 8 nitrogen and oxygen atoms in total. The van der Waals surface area contributed by atoms with Crippen molar-refractivity contribution in [3.05, 3.63) is 28.0 Å². The highest BCUT2D eigenvalue weighted by molar-refractivity contribution is 7.12. The number of morpholine rings is 1. The van der Waals surface area contributed by atoms with Gasteiger partial charge < -0.3 is 9.64 Å². The van der Waals surface area contributed by atoms with Gasteiger partial charge in [-0.15, -0.1) is 11.3 Å². The molecule has 3 heterocycles. The van der Waals surface area contributed by atoms with Crippen molar-refractivity contribution in [1.82, 2.24) is 24.7 Å². The molecule has 0 aliphatic carbocycles. The number of carbonyl (C=O) groups excluding carboxylic acids is 1. The molecule has 0 radical (unpaired) electrons. The van der Waals surface area contributed by atoms with Gasteiger partial charge in [0.15, 0.2) is 0 Å². The van der Waals surface area contributed by atoms with Gasteiger partial charge in [0, 0.05) is 13.1 Å². The summed E-state index contributed by atoms with van der Waals surface area (Å²) in [7, 11) is 0. The SMILES string of the molecule is C[C@H]1CN(C(=O)Cn2nnn(-c3cccs3)c2=O)C[C@H](C)O1. The molecule has 2 aromatic heterocycles. The molecule has 1 amide bonds. The molecule has 0 N–H and O–H groups in total. The van der Waals surface area contributed by atoms with Crippen LogP contribution in [0.4, 0.5) is 0 Å². The molecule has 3 rings (SSSR count). The molecule has 9 heteroatoms. The van der Waals surface area contributed by atoms with Crippen molar-refractivity contribution in [3.63, 3.8) is 0 Å². The van der Waals surface area contributed by atoms with Crippen LogP contribution in [0.1, 0.15) is 13.8 Å². The standard InChI is InChI=1S/C13H17N5O3S/c1-9-6-16(7-10(2)21-9)11(19)8-17-13(20)18(15-14-17)12-4-3-5-22-12/h3-5,9-10H,6-8H2,1-2H3/t9-,10-/m0/s1. The highest BCUT2D eigenvalue weighted by Gasteiger charge is 2.26. The smallest absolute Gasteiger partial charge is 0.369 e. The maximum absolute atomic E-state index is 12.3. The third kappa shape index (κ3) is 2.95. The highest BCUT2D eigenvalue weighted by atomic mass is 32.1. The molecule has 118 valence electrons. The van der Waals surface area contributed by atoms with Gasteiger partial charge in [0.2, 0.25) is 5.91 Å². The highest BCUT2D eigenvalue weighted by Crippen LogP contribution is 2.12. The van der Waals surface area contributed by atoms with Crippen molar-refractivity contribution in [2.75, 3.05) is 13.1 Å². The number of aromatic nitrogens is 4. The van der Waals surface area contributed by atoms with Gasteiger partial charge in [-0.25, -0.2) is 4.79 Å². The average Bonchev–Trinajstić information content (AvgIpc) is 3.08. The van der Waals surface area contributed by atoms with Crippen LogP contribution in [0.2, 0.25) is 0 Å². The van der Waals surface area contributed by atoms with E-state index in [1.807, 2.05) is 25.3 Å². The molecular weight excluding hydrogens is 306 g/mol. The molecule has 1 aliphatic rings. The van der Waals surface area contributed by atoms with E-state index in [4.69, 9.17) is 4.74 Å². The van der Waals surface area contributed by atoms with Gasteiger partial charge in [0.25, 0.3) is 0 Å². The normalized spacial score (nSPS) is 22.0. The van der Waals surface area contributed by atoms with E-state index in [2.05, 4.69) is 10.4 Å². The maximum Gasteiger partial charge on any atom is 0.369 e. The minimum absolute atomic E-state index is 0.00813. The molecule has 2 aromatic rings. The van der Waals surface area contributed by atoms with Crippen molar-refractivity contribution >= 4 is 17.2 Å². The Morgan fingerprint density at radius 2 is 2.09 bits per heavy atom. The van der Waals surface area contributed by atoms with Crippen LogP contribution in [-0.2, 0) is 16.1 Å². The van der Waals surface area contributed by atoms with Crippen LogP contribution in [0.15, 0.2) is 22.3 Å². The second-order valence-electron chi connectivity index (χ2n) is 5.34. The van der Waals surface area contributed by atoms with Crippen molar-refractivity contribution in [3.8, 4) is 5.00 Å². The number of carbonyl (C=O) groups is 1. The Labute approximate surface area is 130 Å². The molecule has 22 heavy (non-hydrogen) atoms. The summed E-state index contributed by atoms with van der Waals surface area (Å²) in [6.07, 6.45) is -0.0163. The first kappa shape index (κ1) is 14.9. The number of hydrogen-bond donors (Lipinski definition) is 0. The van der Waals surface area contributed by atoms with Crippen LogP contribution in [0.25, 0.3) is 5.00 Å². The van der Waals surface area contributed by atoms with E-state index < -0.39 is 5.69 Å². The number of ether oxygens (including phenoxy) is 1. The zero-order valence-corrected chi connectivity index (χ0v) is 13.2. The third-order valence-electron chi connectivity index (χ3n) is 3.41. The number of nitrogens with zero attached hydrogens (tertiary/aromatic N) is 5. The molecule has 1 fully saturated rings. The minimum Gasteiger partial charge on any atom is -0.372 e. The molecule has 0 bridgehead atoms. The average molecular weight is 323 g/mol. The topological polar surface area (TPSA) is 82.3 Å². The molecule has 0 saturated carbocycles. The fourth-order valence-corrected chi connectivity index (χ4v) is 3.18. The fourth-order valence-electron chi connectivity index (χ4n) is 2.51. The summed E-state index contributed by atoms with van der Waals surface area (Å²) < 4.78 is 7.89. The van der Waals surface area contributed by atoms with E-state index in [9.17, 15) is 9.59 Å². The van der Waals surface area contributed by atoms with E-state index >= 15 is 0 Å². The number of thiophene rings is 1. The Morgan fingerprint density at radius 3 is 2.73 bits per heavy atom. The molecule has 1 aliphatic heterocycles. The predicted octanol–water partition coefficient (Wildman–Crippen LogP) is 0.126. The first-order chi connectivity index (χ1) is 10.5. The molecular formula is C13H17N5O3S. The number of rotatable bonds is 3.